The van der Waals surface area contributed by atoms with Gasteiger partial charge in [-0.3, -0.25) is 4.79 Å². The SMILES string of the molecule is Cc1ccc(-c2csc3ncnc(N4CCOC(C(N)=O)C4)c23)cc1C. The number of aryl methyl sites for hydroxylation is 2. The Balaban J connectivity index is 1.82. The number of hydrogen-bond donors (Lipinski definition) is 1. The van der Waals surface area contributed by atoms with Crippen LogP contribution in [0.15, 0.2) is 29.9 Å². The Kier molecular flexibility index (Phi) is 4.34. The van der Waals surface area contributed by atoms with E-state index in [4.69, 9.17) is 10.5 Å². The summed E-state index contributed by atoms with van der Waals surface area (Å²) in [6.07, 6.45) is 0.963. The topological polar surface area (TPSA) is 81.3 Å². The lowest BCUT2D eigenvalue weighted by molar-refractivity contribution is -0.130. The Hall–Kier alpha value is -2.51. The fraction of sp³-hybridized carbons (Fsp3) is 0.316. The molecule has 3 aromatic rings. The number of benzene rings is 1. The van der Waals surface area contributed by atoms with Crippen LogP contribution in [0.1, 0.15) is 11.1 Å². The lowest BCUT2D eigenvalue weighted by Crippen LogP contribution is -2.48. The van der Waals surface area contributed by atoms with Crippen LogP contribution < -0.4 is 10.6 Å². The van der Waals surface area contributed by atoms with Gasteiger partial charge >= 0.3 is 0 Å². The molecule has 3 heterocycles. The number of carbonyl (C=O) groups excluding carboxylic acids is 1. The summed E-state index contributed by atoms with van der Waals surface area (Å²) in [6, 6.07) is 6.46. The fourth-order valence-corrected chi connectivity index (χ4v) is 4.14. The normalized spacial score (nSPS) is 17.6. The Morgan fingerprint density at radius 3 is 2.92 bits per heavy atom. The highest BCUT2D eigenvalue weighted by Crippen LogP contribution is 2.38. The highest BCUT2D eigenvalue weighted by Gasteiger charge is 2.27. The molecule has 134 valence electrons. The van der Waals surface area contributed by atoms with Gasteiger partial charge < -0.3 is 15.4 Å². The average molecular weight is 368 g/mol. The number of aromatic nitrogens is 2. The Morgan fingerprint density at radius 2 is 2.15 bits per heavy atom. The van der Waals surface area contributed by atoms with Crippen LogP contribution in [0.2, 0.25) is 0 Å². The summed E-state index contributed by atoms with van der Waals surface area (Å²) in [6.45, 7) is 5.74. The van der Waals surface area contributed by atoms with Crippen molar-refractivity contribution < 1.29 is 9.53 Å². The van der Waals surface area contributed by atoms with E-state index in [-0.39, 0.29) is 0 Å². The first-order chi connectivity index (χ1) is 12.5. The first-order valence-corrected chi connectivity index (χ1v) is 9.38. The molecule has 1 saturated heterocycles. The Morgan fingerprint density at radius 1 is 1.31 bits per heavy atom. The number of primary amides is 1. The van der Waals surface area contributed by atoms with Crippen LogP contribution >= 0.6 is 11.3 Å². The van der Waals surface area contributed by atoms with Gasteiger partial charge in [0.1, 0.15) is 17.0 Å². The number of carbonyl (C=O) groups is 1. The molecule has 1 aliphatic heterocycles. The molecule has 6 nitrogen and oxygen atoms in total. The van der Waals surface area contributed by atoms with Crippen LogP contribution in [-0.2, 0) is 9.53 Å². The van der Waals surface area contributed by atoms with Crippen molar-refractivity contribution in [2.24, 2.45) is 5.73 Å². The van der Waals surface area contributed by atoms with E-state index in [1.807, 2.05) is 0 Å². The molecular formula is C19H20N4O2S. The molecule has 2 N–H and O–H groups in total. The van der Waals surface area contributed by atoms with Gasteiger partial charge in [-0.15, -0.1) is 11.3 Å². The van der Waals surface area contributed by atoms with Crippen LogP contribution in [0.3, 0.4) is 0 Å². The number of anilines is 1. The van der Waals surface area contributed by atoms with Gasteiger partial charge in [-0.05, 0) is 30.5 Å². The maximum atomic E-state index is 11.5. The Bertz CT molecular complexity index is 985. The summed E-state index contributed by atoms with van der Waals surface area (Å²) >= 11 is 1.60. The third kappa shape index (κ3) is 2.93. The molecule has 26 heavy (non-hydrogen) atoms. The number of ether oxygens (including phenoxy) is 1. The predicted molar refractivity (Wildman–Crippen MR) is 103 cm³/mol. The maximum absolute atomic E-state index is 11.5. The van der Waals surface area contributed by atoms with Crippen molar-refractivity contribution in [2.75, 3.05) is 24.6 Å². The van der Waals surface area contributed by atoms with E-state index in [9.17, 15) is 4.79 Å². The third-order valence-electron chi connectivity index (χ3n) is 4.85. The number of nitrogens with two attached hydrogens (primary N) is 1. The summed E-state index contributed by atoms with van der Waals surface area (Å²) in [5, 5.41) is 3.14. The van der Waals surface area contributed by atoms with Crippen LogP contribution in [0, 0.1) is 13.8 Å². The number of fused-ring (bicyclic) bond motifs is 1. The van der Waals surface area contributed by atoms with Crippen molar-refractivity contribution in [1.82, 2.24) is 9.97 Å². The zero-order valence-corrected chi connectivity index (χ0v) is 15.5. The molecule has 1 unspecified atom stereocenters. The van der Waals surface area contributed by atoms with E-state index < -0.39 is 12.0 Å². The summed E-state index contributed by atoms with van der Waals surface area (Å²) in [5.74, 6) is 0.388. The van der Waals surface area contributed by atoms with E-state index in [0.29, 0.717) is 19.7 Å². The predicted octanol–water partition coefficient (Wildman–Crippen LogP) is 2.67. The zero-order valence-electron chi connectivity index (χ0n) is 14.7. The number of amides is 1. The van der Waals surface area contributed by atoms with Crippen molar-refractivity contribution in [1.29, 1.82) is 0 Å². The minimum absolute atomic E-state index is 0.406. The molecule has 1 fully saturated rings. The Labute approximate surface area is 155 Å². The lowest BCUT2D eigenvalue weighted by atomic mass is 10.0. The van der Waals surface area contributed by atoms with E-state index >= 15 is 0 Å². The molecular weight excluding hydrogens is 348 g/mol. The quantitative estimate of drug-likeness (QED) is 0.769. The lowest BCUT2D eigenvalue weighted by Gasteiger charge is -2.32. The van der Waals surface area contributed by atoms with Crippen molar-refractivity contribution >= 4 is 33.3 Å². The summed E-state index contributed by atoms with van der Waals surface area (Å²) < 4.78 is 5.47. The molecule has 7 heteroatoms. The molecule has 0 aliphatic carbocycles. The number of hydrogen-bond acceptors (Lipinski definition) is 6. The summed E-state index contributed by atoms with van der Waals surface area (Å²) in [7, 11) is 0. The maximum Gasteiger partial charge on any atom is 0.248 e. The molecule has 2 aromatic heterocycles. The molecule has 1 amide bonds. The van der Waals surface area contributed by atoms with Crippen molar-refractivity contribution in [3.8, 4) is 11.1 Å². The van der Waals surface area contributed by atoms with Crippen molar-refractivity contribution in [3.05, 3.63) is 41.0 Å². The molecule has 0 spiro atoms. The smallest absolute Gasteiger partial charge is 0.248 e. The molecule has 1 atom stereocenters. The van der Waals surface area contributed by atoms with Gasteiger partial charge in [0, 0.05) is 17.5 Å². The molecule has 0 saturated carbocycles. The van der Waals surface area contributed by atoms with Gasteiger partial charge in [-0.1, -0.05) is 18.2 Å². The largest absolute Gasteiger partial charge is 0.367 e. The highest BCUT2D eigenvalue weighted by molar-refractivity contribution is 7.17. The van der Waals surface area contributed by atoms with E-state index in [1.165, 1.54) is 11.1 Å². The molecule has 4 rings (SSSR count). The van der Waals surface area contributed by atoms with Crippen LogP contribution in [-0.4, -0.2) is 41.7 Å². The molecule has 1 aliphatic rings. The molecule has 1 aromatic carbocycles. The van der Waals surface area contributed by atoms with Gasteiger partial charge in [-0.25, -0.2) is 9.97 Å². The molecule has 0 radical (unpaired) electrons. The van der Waals surface area contributed by atoms with Crippen molar-refractivity contribution in [3.63, 3.8) is 0 Å². The van der Waals surface area contributed by atoms with Crippen LogP contribution in [0.4, 0.5) is 5.82 Å². The first kappa shape index (κ1) is 16.9. The van der Waals surface area contributed by atoms with Gasteiger partial charge in [0.05, 0.1) is 18.5 Å². The standard InChI is InChI=1S/C19H20N4O2S/c1-11-3-4-13(7-12(11)2)14-9-26-19-16(14)18(21-10-22-19)23-5-6-25-15(8-23)17(20)24/h3-4,7,9-10,15H,5-6,8H2,1-2H3,(H2,20,24). The minimum Gasteiger partial charge on any atom is -0.367 e. The molecule has 0 bridgehead atoms. The van der Waals surface area contributed by atoms with Gasteiger partial charge in [0.2, 0.25) is 5.91 Å². The number of nitrogens with zero attached hydrogens (tertiary/aromatic N) is 3. The van der Waals surface area contributed by atoms with E-state index in [2.05, 4.69) is 52.3 Å². The monoisotopic (exact) mass is 368 g/mol. The third-order valence-corrected chi connectivity index (χ3v) is 5.74. The summed E-state index contributed by atoms with van der Waals surface area (Å²) in [4.78, 5) is 23.5. The second-order valence-electron chi connectivity index (χ2n) is 6.53. The van der Waals surface area contributed by atoms with Gasteiger partial charge in [0.15, 0.2) is 6.10 Å². The fourth-order valence-electron chi connectivity index (χ4n) is 3.23. The second kappa shape index (κ2) is 6.66. The highest BCUT2D eigenvalue weighted by atomic mass is 32.1. The van der Waals surface area contributed by atoms with E-state index in [0.717, 1.165) is 27.2 Å². The number of morpholine rings is 1. The van der Waals surface area contributed by atoms with Crippen LogP contribution in [0.5, 0.6) is 0 Å². The first-order valence-electron chi connectivity index (χ1n) is 8.50. The number of rotatable bonds is 3. The zero-order chi connectivity index (χ0) is 18.3. The second-order valence-corrected chi connectivity index (χ2v) is 7.39. The number of thiophene rings is 1. The van der Waals surface area contributed by atoms with Gasteiger partial charge in [0.25, 0.3) is 0 Å². The average Bonchev–Trinajstić information content (AvgIpc) is 3.08. The summed E-state index contributed by atoms with van der Waals surface area (Å²) in [5.41, 5.74) is 10.2. The van der Waals surface area contributed by atoms with Gasteiger partial charge in [-0.2, -0.15) is 0 Å². The van der Waals surface area contributed by atoms with Crippen LogP contribution in [0.25, 0.3) is 21.3 Å². The van der Waals surface area contributed by atoms with E-state index in [1.54, 1.807) is 17.7 Å². The minimum atomic E-state index is -0.613. The van der Waals surface area contributed by atoms with Crippen molar-refractivity contribution in [2.45, 2.75) is 20.0 Å².